The van der Waals surface area contributed by atoms with E-state index in [9.17, 15) is 8.42 Å². The Bertz CT molecular complexity index is 260. The third-order valence-electron chi connectivity index (χ3n) is 2.53. The number of sulfonamides is 1. The molecule has 0 spiro atoms. The number of nitrogens with one attached hydrogen (secondary N) is 2. The summed E-state index contributed by atoms with van der Waals surface area (Å²) in [4.78, 5) is 0. The summed E-state index contributed by atoms with van der Waals surface area (Å²) in [6, 6.07) is 0.580. The van der Waals surface area contributed by atoms with Gasteiger partial charge < -0.3 is 5.32 Å². The lowest BCUT2D eigenvalue weighted by Gasteiger charge is -2.15. The SMILES string of the molecule is CCC(NCCNS(C)(=O)=O)C1CC1. The summed E-state index contributed by atoms with van der Waals surface area (Å²) in [5.41, 5.74) is 0. The van der Waals surface area contributed by atoms with Gasteiger partial charge in [0.2, 0.25) is 10.0 Å². The molecule has 0 heterocycles. The van der Waals surface area contributed by atoms with E-state index in [0.717, 1.165) is 18.9 Å². The molecule has 1 atom stereocenters. The Morgan fingerprint density at radius 3 is 2.43 bits per heavy atom. The van der Waals surface area contributed by atoms with Crippen LogP contribution in [0.5, 0.6) is 0 Å². The Balaban J connectivity index is 2.07. The Hall–Kier alpha value is -0.130. The average molecular weight is 220 g/mol. The molecule has 0 aromatic carbocycles. The van der Waals surface area contributed by atoms with Gasteiger partial charge in [-0.3, -0.25) is 0 Å². The van der Waals surface area contributed by atoms with Gasteiger partial charge in [-0.15, -0.1) is 0 Å². The summed E-state index contributed by atoms with van der Waals surface area (Å²) in [6.45, 7) is 3.38. The molecule has 1 rings (SSSR count). The third kappa shape index (κ3) is 4.93. The highest BCUT2D eigenvalue weighted by atomic mass is 32.2. The minimum atomic E-state index is -3.02. The molecule has 1 aliphatic carbocycles. The summed E-state index contributed by atoms with van der Waals surface area (Å²) in [5, 5.41) is 3.38. The fraction of sp³-hybridized carbons (Fsp3) is 1.00. The molecule has 0 saturated heterocycles. The second kappa shape index (κ2) is 5.09. The van der Waals surface area contributed by atoms with Crippen molar-refractivity contribution in [2.75, 3.05) is 19.3 Å². The molecule has 0 aromatic heterocycles. The lowest BCUT2D eigenvalue weighted by atomic mass is 10.1. The van der Waals surface area contributed by atoms with Crippen molar-refractivity contribution in [2.24, 2.45) is 5.92 Å². The highest BCUT2D eigenvalue weighted by molar-refractivity contribution is 7.88. The van der Waals surface area contributed by atoms with Crippen LogP contribution in [0.15, 0.2) is 0 Å². The quantitative estimate of drug-likeness (QED) is 0.607. The van der Waals surface area contributed by atoms with E-state index >= 15 is 0 Å². The molecule has 0 amide bonds. The van der Waals surface area contributed by atoms with Crippen LogP contribution in [0.1, 0.15) is 26.2 Å². The molecule has 1 unspecified atom stereocenters. The van der Waals surface area contributed by atoms with Gasteiger partial charge in [-0.2, -0.15) is 0 Å². The van der Waals surface area contributed by atoms with E-state index in [-0.39, 0.29) is 0 Å². The zero-order chi connectivity index (χ0) is 10.6. The summed E-state index contributed by atoms with van der Waals surface area (Å²) in [6.07, 6.45) is 4.96. The maximum atomic E-state index is 10.8. The van der Waals surface area contributed by atoms with Crippen LogP contribution < -0.4 is 10.0 Å². The number of hydrogen-bond acceptors (Lipinski definition) is 3. The van der Waals surface area contributed by atoms with E-state index in [0.29, 0.717) is 12.6 Å². The zero-order valence-corrected chi connectivity index (χ0v) is 9.73. The zero-order valence-electron chi connectivity index (χ0n) is 8.91. The second-order valence-corrected chi connectivity index (χ2v) is 5.81. The summed E-state index contributed by atoms with van der Waals surface area (Å²) in [5.74, 6) is 0.832. The molecule has 0 aliphatic heterocycles. The lowest BCUT2D eigenvalue weighted by Crippen LogP contribution is -2.37. The number of hydrogen-bond donors (Lipinski definition) is 2. The van der Waals surface area contributed by atoms with Crippen molar-refractivity contribution in [1.82, 2.24) is 10.0 Å². The minimum Gasteiger partial charge on any atom is -0.312 e. The van der Waals surface area contributed by atoms with E-state index < -0.39 is 10.0 Å². The van der Waals surface area contributed by atoms with Crippen LogP contribution in [0.4, 0.5) is 0 Å². The summed E-state index contributed by atoms with van der Waals surface area (Å²) >= 11 is 0. The van der Waals surface area contributed by atoms with Crippen LogP contribution in [0.3, 0.4) is 0 Å². The third-order valence-corrected chi connectivity index (χ3v) is 3.26. The minimum absolute atomic E-state index is 0.488. The molecule has 1 saturated carbocycles. The van der Waals surface area contributed by atoms with Crippen molar-refractivity contribution in [2.45, 2.75) is 32.2 Å². The Kier molecular flexibility index (Phi) is 4.34. The first-order valence-electron chi connectivity index (χ1n) is 5.21. The van der Waals surface area contributed by atoms with Gasteiger partial charge in [0.15, 0.2) is 0 Å². The topological polar surface area (TPSA) is 58.2 Å². The average Bonchev–Trinajstić information content (AvgIpc) is 2.86. The Morgan fingerprint density at radius 1 is 1.36 bits per heavy atom. The van der Waals surface area contributed by atoms with Crippen LogP contribution in [0.25, 0.3) is 0 Å². The monoisotopic (exact) mass is 220 g/mol. The number of rotatable bonds is 7. The lowest BCUT2D eigenvalue weighted by molar-refractivity contribution is 0.452. The van der Waals surface area contributed by atoms with E-state index in [1.807, 2.05) is 0 Å². The maximum absolute atomic E-state index is 10.8. The fourth-order valence-corrected chi connectivity index (χ4v) is 2.11. The van der Waals surface area contributed by atoms with Crippen LogP contribution in [-0.4, -0.2) is 33.8 Å². The molecular weight excluding hydrogens is 200 g/mol. The van der Waals surface area contributed by atoms with Crippen molar-refractivity contribution in [1.29, 1.82) is 0 Å². The molecule has 0 aromatic rings. The largest absolute Gasteiger partial charge is 0.312 e. The maximum Gasteiger partial charge on any atom is 0.208 e. The molecule has 0 radical (unpaired) electrons. The first-order valence-corrected chi connectivity index (χ1v) is 7.10. The standard InChI is InChI=1S/C9H20N2O2S/c1-3-9(8-4-5-8)10-6-7-11-14(2,12)13/h8-11H,3-7H2,1-2H3. The molecule has 2 N–H and O–H groups in total. The predicted molar refractivity (Wildman–Crippen MR) is 57.7 cm³/mol. The van der Waals surface area contributed by atoms with Gasteiger partial charge in [0.1, 0.15) is 0 Å². The van der Waals surface area contributed by atoms with Crippen LogP contribution in [0, 0.1) is 5.92 Å². The van der Waals surface area contributed by atoms with E-state index in [2.05, 4.69) is 17.0 Å². The van der Waals surface area contributed by atoms with Gasteiger partial charge in [-0.25, -0.2) is 13.1 Å². The van der Waals surface area contributed by atoms with Gasteiger partial charge in [0.05, 0.1) is 6.26 Å². The van der Waals surface area contributed by atoms with Gasteiger partial charge in [0.25, 0.3) is 0 Å². The van der Waals surface area contributed by atoms with Crippen LogP contribution in [-0.2, 0) is 10.0 Å². The van der Waals surface area contributed by atoms with Crippen molar-refractivity contribution >= 4 is 10.0 Å². The van der Waals surface area contributed by atoms with Crippen molar-refractivity contribution in [3.8, 4) is 0 Å². The Labute approximate surface area is 86.5 Å². The van der Waals surface area contributed by atoms with Gasteiger partial charge in [-0.1, -0.05) is 6.92 Å². The van der Waals surface area contributed by atoms with E-state index in [1.54, 1.807) is 0 Å². The van der Waals surface area contributed by atoms with Crippen molar-refractivity contribution in [3.63, 3.8) is 0 Å². The molecule has 1 aliphatic rings. The highest BCUT2D eigenvalue weighted by Crippen LogP contribution is 2.33. The predicted octanol–water partition coefficient (Wildman–Crippen LogP) is 0.314. The fourth-order valence-electron chi connectivity index (χ4n) is 1.64. The van der Waals surface area contributed by atoms with Crippen LogP contribution in [0.2, 0.25) is 0 Å². The highest BCUT2D eigenvalue weighted by Gasteiger charge is 2.29. The molecular formula is C9H20N2O2S. The van der Waals surface area contributed by atoms with Crippen molar-refractivity contribution < 1.29 is 8.42 Å². The van der Waals surface area contributed by atoms with Crippen LogP contribution >= 0.6 is 0 Å². The molecule has 1 fully saturated rings. The first kappa shape index (κ1) is 11.9. The molecule has 5 heteroatoms. The first-order chi connectivity index (χ1) is 6.53. The van der Waals surface area contributed by atoms with Crippen molar-refractivity contribution in [3.05, 3.63) is 0 Å². The van der Waals surface area contributed by atoms with Gasteiger partial charge in [0, 0.05) is 19.1 Å². The second-order valence-electron chi connectivity index (χ2n) is 3.97. The molecule has 0 bridgehead atoms. The van der Waals surface area contributed by atoms with Gasteiger partial charge in [-0.05, 0) is 25.2 Å². The normalized spacial score (nSPS) is 19.6. The smallest absolute Gasteiger partial charge is 0.208 e. The van der Waals surface area contributed by atoms with E-state index in [1.165, 1.54) is 19.1 Å². The van der Waals surface area contributed by atoms with Gasteiger partial charge >= 0.3 is 0 Å². The molecule has 4 nitrogen and oxygen atoms in total. The Morgan fingerprint density at radius 2 is 2.00 bits per heavy atom. The molecule has 84 valence electrons. The van der Waals surface area contributed by atoms with E-state index in [4.69, 9.17) is 0 Å². The summed E-state index contributed by atoms with van der Waals surface area (Å²) in [7, 11) is -3.02. The molecule has 14 heavy (non-hydrogen) atoms. The summed E-state index contributed by atoms with van der Waals surface area (Å²) < 4.78 is 24.0.